The lowest BCUT2D eigenvalue weighted by Crippen LogP contribution is -2.12. The van der Waals surface area contributed by atoms with Crippen LogP contribution in [0.3, 0.4) is 0 Å². The van der Waals surface area contributed by atoms with Crippen LogP contribution in [-0.4, -0.2) is 19.0 Å². The van der Waals surface area contributed by atoms with Gasteiger partial charge in [0.2, 0.25) is 0 Å². The molecule has 0 fully saturated rings. The molecule has 0 aliphatic heterocycles. The van der Waals surface area contributed by atoms with Crippen molar-refractivity contribution in [3.05, 3.63) is 58.9 Å². The highest BCUT2D eigenvalue weighted by Gasteiger charge is 2.21. The van der Waals surface area contributed by atoms with Crippen molar-refractivity contribution in [2.75, 3.05) is 14.2 Å². The predicted molar refractivity (Wildman–Crippen MR) is 85.6 cm³/mol. The smallest absolute Gasteiger partial charge is 0.109 e. The SMILES string of the molecule is CCCCc1cc(C(OC)c2ccccc2)c(C)n1OC. The lowest BCUT2D eigenvalue weighted by atomic mass is 10.0. The van der Waals surface area contributed by atoms with Crippen molar-refractivity contribution in [2.24, 2.45) is 0 Å². The van der Waals surface area contributed by atoms with Crippen LogP contribution in [0.25, 0.3) is 0 Å². The average molecular weight is 287 g/mol. The molecule has 1 unspecified atom stereocenters. The summed E-state index contributed by atoms with van der Waals surface area (Å²) in [5.41, 5.74) is 4.67. The minimum Gasteiger partial charge on any atom is -0.417 e. The topological polar surface area (TPSA) is 23.4 Å². The van der Waals surface area contributed by atoms with Gasteiger partial charge in [0.05, 0.1) is 11.4 Å². The molecule has 3 heteroatoms. The summed E-state index contributed by atoms with van der Waals surface area (Å²) in [5.74, 6) is 0. The molecule has 0 radical (unpaired) electrons. The monoisotopic (exact) mass is 287 g/mol. The van der Waals surface area contributed by atoms with Crippen LogP contribution >= 0.6 is 0 Å². The number of aryl methyl sites for hydroxylation is 1. The van der Waals surface area contributed by atoms with E-state index in [1.165, 1.54) is 23.2 Å². The van der Waals surface area contributed by atoms with Gasteiger partial charge in [0.25, 0.3) is 0 Å². The van der Waals surface area contributed by atoms with Gasteiger partial charge in [-0.3, -0.25) is 0 Å². The molecule has 0 N–H and O–H groups in total. The molecule has 0 saturated carbocycles. The summed E-state index contributed by atoms with van der Waals surface area (Å²) in [5, 5.41) is 0. The quantitative estimate of drug-likeness (QED) is 0.770. The Balaban J connectivity index is 2.40. The number of hydrogen-bond donors (Lipinski definition) is 0. The van der Waals surface area contributed by atoms with Crippen LogP contribution in [0, 0.1) is 6.92 Å². The van der Waals surface area contributed by atoms with E-state index in [9.17, 15) is 0 Å². The molecule has 1 aromatic carbocycles. The molecule has 0 spiro atoms. The van der Waals surface area contributed by atoms with Gasteiger partial charge in [-0.25, -0.2) is 0 Å². The van der Waals surface area contributed by atoms with Crippen LogP contribution in [0.2, 0.25) is 0 Å². The van der Waals surface area contributed by atoms with Crippen molar-refractivity contribution in [1.82, 2.24) is 4.73 Å². The highest BCUT2D eigenvalue weighted by atomic mass is 16.6. The van der Waals surface area contributed by atoms with Crippen molar-refractivity contribution in [3.8, 4) is 0 Å². The summed E-state index contributed by atoms with van der Waals surface area (Å²) in [6.07, 6.45) is 3.31. The summed E-state index contributed by atoms with van der Waals surface area (Å²) in [7, 11) is 3.48. The third kappa shape index (κ3) is 3.30. The van der Waals surface area contributed by atoms with E-state index in [0.29, 0.717) is 0 Å². The molecule has 0 amide bonds. The second-order valence-electron chi connectivity index (χ2n) is 5.28. The molecule has 0 saturated heterocycles. The average Bonchev–Trinajstić information content (AvgIpc) is 2.83. The molecule has 3 nitrogen and oxygen atoms in total. The fraction of sp³-hybridized carbons (Fsp3) is 0.444. The summed E-state index contributed by atoms with van der Waals surface area (Å²) < 4.78 is 7.68. The number of rotatable bonds is 7. The summed E-state index contributed by atoms with van der Waals surface area (Å²) in [4.78, 5) is 5.55. The first-order valence-electron chi connectivity index (χ1n) is 7.56. The van der Waals surface area contributed by atoms with E-state index in [2.05, 4.69) is 32.0 Å². The Morgan fingerprint density at radius 2 is 1.86 bits per heavy atom. The fourth-order valence-corrected chi connectivity index (χ4v) is 2.80. The van der Waals surface area contributed by atoms with Gasteiger partial charge in [-0.15, -0.1) is 0 Å². The Kier molecular flexibility index (Phi) is 5.45. The van der Waals surface area contributed by atoms with Crippen molar-refractivity contribution < 1.29 is 9.57 Å². The Bertz CT molecular complexity index is 560. The van der Waals surface area contributed by atoms with Crippen molar-refractivity contribution in [3.63, 3.8) is 0 Å². The largest absolute Gasteiger partial charge is 0.417 e. The van der Waals surface area contributed by atoms with Gasteiger partial charge in [0.1, 0.15) is 13.2 Å². The van der Waals surface area contributed by atoms with Crippen molar-refractivity contribution in [2.45, 2.75) is 39.2 Å². The molecule has 0 aliphatic rings. The molecule has 114 valence electrons. The number of unbranched alkanes of at least 4 members (excludes halogenated alkanes) is 1. The first kappa shape index (κ1) is 15.6. The third-order valence-electron chi connectivity index (χ3n) is 3.89. The van der Waals surface area contributed by atoms with E-state index < -0.39 is 0 Å². The van der Waals surface area contributed by atoms with Gasteiger partial charge in [-0.2, -0.15) is 4.73 Å². The number of hydrogen-bond acceptors (Lipinski definition) is 2. The Labute approximate surface area is 127 Å². The van der Waals surface area contributed by atoms with Gasteiger partial charge in [0, 0.05) is 12.7 Å². The van der Waals surface area contributed by atoms with E-state index in [1.807, 2.05) is 22.9 Å². The molecular weight excluding hydrogens is 262 g/mol. The van der Waals surface area contributed by atoms with Gasteiger partial charge in [-0.1, -0.05) is 43.7 Å². The Morgan fingerprint density at radius 3 is 2.43 bits per heavy atom. The second-order valence-corrected chi connectivity index (χ2v) is 5.28. The highest BCUT2D eigenvalue weighted by Crippen LogP contribution is 2.30. The van der Waals surface area contributed by atoms with Gasteiger partial charge in [-0.05, 0) is 31.4 Å². The van der Waals surface area contributed by atoms with Gasteiger partial charge in [0.15, 0.2) is 0 Å². The Morgan fingerprint density at radius 1 is 1.14 bits per heavy atom. The minimum absolute atomic E-state index is 0.0528. The molecule has 2 rings (SSSR count). The van der Waals surface area contributed by atoms with Crippen LogP contribution in [0.4, 0.5) is 0 Å². The molecule has 1 heterocycles. The van der Waals surface area contributed by atoms with E-state index in [-0.39, 0.29) is 6.10 Å². The molecule has 1 aromatic heterocycles. The maximum Gasteiger partial charge on any atom is 0.109 e. The van der Waals surface area contributed by atoms with Gasteiger partial charge >= 0.3 is 0 Å². The van der Waals surface area contributed by atoms with E-state index in [1.54, 1.807) is 14.2 Å². The molecule has 0 aliphatic carbocycles. The number of benzene rings is 1. The second kappa shape index (κ2) is 7.32. The fourth-order valence-electron chi connectivity index (χ4n) is 2.80. The normalized spacial score (nSPS) is 12.4. The van der Waals surface area contributed by atoms with Crippen LogP contribution in [0.5, 0.6) is 0 Å². The standard InChI is InChI=1S/C18H25NO2/c1-5-6-12-16-13-17(14(2)19(16)21-4)18(20-3)15-10-8-7-9-11-15/h7-11,13,18H,5-6,12H2,1-4H3. The minimum atomic E-state index is -0.0528. The molecular formula is C18H25NO2. The van der Waals surface area contributed by atoms with Crippen LogP contribution in [0.1, 0.15) is 48.4 Å². The summed E-state index contributed by atoms with van der Waals surface area (Å²) in [6, 6.07) is 12.5. The van der Waals surface area contributed by atoms with Crippen LogP contribution in [0.15, 0.2) is 36.4 Å². The van der Waals surface area contributed by atoms with E-state index >= 15 is 0 Å². The molecule has 21 heavy (non-hydrogen) atoms. The first-order valence-corrected chi connectivity index (χ1v) is 7.56. The maximum atomic E-state index is 5.75. The summed E-state index contributed by atoms with van der Waals surface area (Å²) in [6.45, 7) is 4.29. The predicted octanol–water partition coefficient (Wildman–Crippen LogP) is 3.93. The molecule has 1 atom stereocenters. The Hall–Kier alpha value is -1.74. The zero-order valence-electron chi connectivity index (χ0n) is 13.4. The zero-order valence-corrected chi connectivity index (χ0v) is 13.4. The number of aromatic nitrogens is 1. The number of nitrogens with zero attached hydrogens (tertiary/aromatic N) is 1. The lowest BCUT2D eigenvalue weighted by molar-refractivity contribution is 0.130. The van der Waals surface area contributed by atoms with Crippen LogP contribution in [-0.2, 0) is 11.2 Å². The zero-order chi connectivity index (χ0) is 15.2. The number of methoxy groups -OCH3 is 1. The molecule has 0 bridgehead atoms. The van der Waals surface area contributed by atoms with Crippen molar-refractivity contribution in [1.29, 1.82) is 0 Å². The van der Waals surface area contributed by atoms with Crippen molar-refractivity contribution >= 4 is 0 Å². The molecule has 2 aromatic rings. The first-order chi connectivity index (χ1) is 10.2. The van der Waals surface area contributed by atoms with E-state index in [0.717, 1.165) is 18.5 Å². The van der Waals surface area contributed by atoms with Crippen LogP contribution < -0.4 is 4.84 Å². The highest BCUT2D eigenvalue weighted by molar-refractivity contribution is 5.36. The van der Waals surface area contributed by atoms with E-state index in [4.69, 9.17) is 9.57 Å². The maximum absolute atomic E-state index is 5.75. The summed E-state index contributed by atoms with van der Waals surface area (Å²) >= 11 is 0. The van der Waals surface area contributed by atoms with Gasteiger partial charge < -0.3 is 9.57 Å². The number of ether oxygens (including phenoxy) is 1. The lowest BCUT2D eigenvalue weighted by Gasteiger charge is -2.16. The third-order valence-corrected chi connectivity index (χ3v) is 3.89.